The fraction of sp³-hybridized carbons (Fsp3) is 0.250. The second-order valence-electron chi connectivity index (χ2n) is 3.28. The number of allylic oxidation sites excluding steroid dienone is 1. The van der Waals surface area contributed by atoms with Crippen molar-refractivity contribution in [3.63, 3.8) is 0 Å². The molecule has 0 unspecified atom stereocenters. The van der Waals surface area contributed by atoms with Crippen molar-refractivity contribution in [1.29, 1.82) is 0 Å². The minimum absolute atomic E-state index is 0.361. The first-order chi connectivity index (χ1) is 7.06. The van der Waals surface area contributed by atoms with Gasteiger partial charge in [-0.15, -0.1) is 0 Å². The Morgan fingerprint density at radius 2 is 1.73 bits per heavy atom. The molecule has 1 rings (SSSR count). The molecular formula is C12H14O3. The molecular weight excluding hydrogens is 192 g/mol. The van der Waals surface area contributed by atoms with E-state index in [9.17, 15) is 4.79 Å². The highest BCUT2D eigenvalue weighted by Crippen LogP contribution is 2.20. The van der Waals surface area contributed by atoms with Crippen LogP contribution in [0.1, 0.15) is 19.4 Å². The van der Waals surface area contributed by atoms with Gasteiger partial charge in [0.05, 0.1) is 7.11 Å². The normalized spacial score (nSPS) is 11.9. The lowest BCUT2D eigenvalue weighted by Crippen LogP contribution is -1.99. The minimum atomic E-state index is -0.886. The molecule has 0 saturated heterocycles. The number of ether oxygens (including phenoxy) is 1. The Labute approximate surface area is 89.0 Å². The first-order valence-corrected chi connectivity index (χ1v) is 4.61. The van der Waals surface area contributed by atoms with E-state index in [1.807, 2.05) is 24.3 Å². The molecule has 1 aromatic rings. The Bertz CT molecular complexity index is 388. The Kier molecular flexibility index (Phi) is 3.50. The molecule has 1 aromatic carbocycles. The molecule has 0 aliphatic rings. The number of carbonyl (C=O) groups is 1. The molecule has 3 heteroatoms. The van der Waals surface area contributed by atoms with Crippen molar-refractivity contribution in [1.82, 2.24) is 0 Å². The van der Waals surface area contributed by atoms with Crippen molar-refractivity contribution >= 4 is 11.5 Å². The van der Waals surface area contributed by atoms with Gasteiger partial charge in [0.15, 0.2) is 0 Å². The smallest absolute Gasteiger partial charge is 0.331 e. The molecule has 0 saturated carbocycles. The van der Waals surface area contributed by atoms with Crippen LogP contribution >= 0.6 is 0 Å². The SMILES string of the molecule is COc1ccc(/C(C)=C(\C)C(=O)O)cc1. The van der Waals surface area contributed by atoms with E-state index in [1.165, 1.54) is 0 Å². The maximum atomic E-state index is 10.8. The summed E-state index contributed by atoms with van der Waals surface area (Å²) in [5.74, 6) is -0.122. The molecule has 0 aromatic heterocycles. The first-order valence-electron chi connectivity index (χ1n) is 4.61. The Hall–Kier alpha value is -1.77. The third kappa shape index (κ3) is 2.59. The summed E-state index contributed by atoms with van der Waals surface area (Å²) in [7, 11) is 1.60. The van der Waals surface area contributed by atoms with Crippen molar-refractivity contribution in [2.24, 2.45) is 0 Å². The minimum Gasteiger partial charge on any atom is -0.497 e. The fourth-order valence-corrected chi connectivity index (χ4v) is 1.22. The van der Waals surface area contributed by atoms with Gasteiger partial charge in [0.2, 0.25) is 0 Å². The summed E-state index contributed by atoms with van der Waals surface area (Å²) < 4.78 is 5.02. The summed E-state index contributed by atoms with van der Waals surface area (Å²) in [5, 5.41) is 8.83. The number of rotatable bonds is 3. The van der Waals surface area contributed by atoms with Crippen LogP contribution in [-0.2, 0) is 4.79 Å². The van der Waals surface area contributed by atoms with Gasteiger partial charge in [-0.3, -0.25) is 0 Å². The lowest BCUT2D eigenvalue weighted by Gasteiger charge is -2.05. The Morgan fingerprint density at radius 1 is 1.20 bits per heavy atom. The molecule has 0 spiro atoms. The lowest BCUT2D eigenvalue weighted by molar-refractivity contribution is -0.132. The number of carboxylic acids is 1. The van der Waals surface area contributed by atoms with Crippen LogP contribution in [0.5, 0.6) is 5.75 Å². The molecule has 80 valence electrons. The summed E-state index contributed by atoms with van der Waals surface area (Å²) in [5.41, 5.74) is 2.03. The van der Waals surface area contributed by atoms with E-state index < -0.39 is 5.97 Å². The number of hydrogen-bond acceptors (Lipinski definition) is 2. The van der Waals surface area contributed by atoms with Gasteiger partial charge in [0, 0.05) is 5.57 Å². The van der Waals surface area contributed by atoms with E-state index in [0.717, 1.165) is 16.9 Å². The van der Waals surface area contributed by atoms with Crippen LogP contribution in [0.4, 0.5) is 0 Å². The van der Waals surface area contributed by atoms with Gasteiger partial charge in [-0.25, -0.2) is 4.79 Å². The fourth-order valence-electron chi connectivity index (χ4n) is 1.22. The highest BCUT2D eigenvalue weighted by molar-refractivity contribution is 5.95. The first kappa shape index (κ1) is 11.3. The molecule has 0 heterocycles. The van der Waals surface area contributed by atoms with Crippen molar-refractivity contribution < 1.29 is 14.6 Å². The lowest BCUT2D eigenvalue weighted by atomic mass is 10.0. The van der Waals surface area contributed by atoms with Crippen LogP contribution in [0.25, 0.3) is 5.57 Å². The quantitative estimate of drug-likeness (QED) is 0.773. The summed E-state index contributed by atoms with van der Waals surface area (Å²) in [6, 6.07) is 7.32. The largest absolute Gasteiger partial charge is 0.497 e. The van der Waals surface area contributed by atoms with Crippen LogP contribution in [0.3, 0.4) is 0 Å². The van der Waals surface area contributed by atoms with Crippen LogP contribution < -0.4 is 4.74 Å². The molecule has 0 aliphatic carbocycles. The van der Waals surface area contributed by atoms with Crippen LogP contribution in [0, 0.1) is 0 Å². The van der Waals surface area contributed by atoms with Crippen molar-refractivity contribution in [3.05, 3.63) is 35.4 Å². The summed E-state index contributed by atoms with van der Waals surface area (Å²) >= 11 is 0. The summed E-state index contributed by atoms with van der Waals surface area (Å²) in [4.78, 5) is 10.8. The monoisotopic (exact) mass is 206 g/mol. The van der Waals surface area contributed by atoms with Crippen LogP contribution in [-0.4, -0.2) is 18.2 Å². The number of carboxylic acid groups (broad SMARTS) is 1. The number of methoxy groups -OCH3 is 1. The van der Waals surface area contributed by atoms with Gasteiger partial charge < -0.3 is 9.84 Å². The van der Waals surface area contributed by atoms with Gasteiger partial charge in [-0.2, -0.15) is 0 Å². The number of hydrogen-bond donors (Lipinski definition) is 1. The average molecular weight is 206 g/mol. The van der Waals surface area contributed by atoms with E-state index in [4.69, 9.17) is 9.84 Å². The zero-order valence-electron chi connectivity index (χ0n) is 9.07. The predicted octanol–water partition coefficient (Wildman–Crippen LogP) is 2.57. The maximum Gasteiger partial charge on any atom is 0.331 e. The Morgan fingerprint density at radius 3 is 2.13 bits per heavy atom. The highest BCUT2D eigenvalue weighted by atomic mass is 16.5. The summed E-state index contributed by atoms with van der Waals surface area (Å²) in [6.07, 6.45) is 0. The third-order valence-corrected chi connectivity index (χ3v) is 2.41. The molecule has 0 aliphatic heterocycles. The van der Waals surface area contributed by atoms with Gasteiger partial charge in [0.25, 0.3) is 0 Å². The molecule has 0 fully saturated rings. The molecule has 0 atom stereocenters. The van der Waals surface area contributed by atoms with E-state index >= 15 is 0 Å². The molecule has 0 bridgehead atoms. The topological polar surface area (TPSA) is 46.5 Å². The maximum absolute atomic E-state index is 10.8. The van der Waals surface area contributed by atoms with Crippen molar-refractivity contribution in [2.45, 2.75) is 13.8 Å². The molecule has 0 amide bonds. The number of aliphatic carboxylic acids is 1. The van der Waals surface area contributed by atoms with E-state index in [-0.39, 0.29) is 0 Å². The zero-order chi connectivity index (χ0) is 11.4. The van der Waals surface area contributed by atoms with Gasteiger partial charge >= 0.3 is 5.97 Å². The number of benzene rings is 1. The van der Waals surface area contributed by atoms with Crippen molar-refractivity contribution in [2.75, 3.05) is 7.11 Å². The second kappa shape index (κ2) is 4.64. The van der Waals surface area contributed by atoms with Gasteiger partial charge in [-0.05, 0) is 37.1 Å². The highest BCUT2D eigenvalue weighted by Gasteiger charge is 2.06. The average Bonchev–Trinajstić information content (AvgIpc) is 2.27. The van der Waals surface area contributed by atoms with Gasteiger partial charge in [-0.1, -0.05) is 12.1 Å². The van der Waals surface area contributed by atoms with Crippen LogP contribution in [0.2, 0.25) is 0 Å². The molecule has 3 nitrogen and oxygen atoms in total. The zero-order valence-corrected chi connectivity index (χ0v) is 9.07. The van der Waals surface area contributed by atoms with Crippen LogP contribution in [0.15, 0.2) is 29.8 Å². The van der Waals surface area contributed by atoms with E-state index in [2.05, 4.69) is 0 Å². The molecule has 15 heavy (non-hydrogen) atoms. The van der Waals surface area contributed by atoms with Gasteiger partial charge in [0.1, 0.15) is 5.75 Å². The Balaban J connectivity index is 3.07. The van der Waals surface area contributed by atoms with E-state index in [0.29, 0.717) is 5.57 Å². The second-order valence-corrected chi connectivity index (χ2v) is 3.28. The molecule has 0 radical (unpaired) electrons. The van der Waals surface area contributed by atoms with E-state index in [1.54, 1.807) is 21.0 Å². The summed E-state index contributed by atoms with van der Waals surface area (Å²) in [6.45, 7) is 3.40. The molecule has 1 N–H and O–H groups in total. The standard InChI is InChI=1S/C12H14O3/c1-8(9(2)12(13)14)10-4-6-11(15-3)7-5-10/h4-7H,1-3H3,(H,13,14)/b9-8+. The predicted molar refractivity (Wildman–Crippen MR) is 58.9 cm³/mol. The van der Waals surface area contributed by atoms with Crippen molar-refractivity contribution in [3.8, 4) is 5.75 Å². The third-order valence-electron chi connectivity index (χ3n) is 2.41.